The first kappa shape index (κ1) is 16.3. The van der Waals surface area contributed by atoms with E-state index in [0.29, 0.717) is 26.2 Å². The monoisotopic (exact) mass is 307 g/mol. The summed E-state index contributed by atoms with van der Waals surface area (Å²) in [5.74, 6) is -0.0576. The van der Waals surface area contributed by atoms with Gasteiger partial charge in [0.2, 0.25) is 0 Å². The van der Waals surface area contributed by atoms with Crippen LogP contribution in [0.15, 0.2) is 24.3 Å². The molecule has 2 aliphatic rings. The summed E-state index contributed by atoms with van der Waals surface area (Å²) in [5.41, 5.74) is 7.05. The fourth-order valence-corrected chi connectivity index (χ4v) is 2.46. The Morgan fingerprint density at radius 3 is 2.32 bits per heavy atom. The van der Waals surface area contributed by atoms with Crippen LogP contribution in [0.4, 0.5) is 16.2 Å². The number of carbonyl (C=O) groups is 2. The molecule has 1 aromatic rings. The molecule has 2 heterocycles. The number of anilines is 2. The maximum Gasteiger partial charge on any atom is 0.414 e. The summed E-state index contributed by atoms with van der Waals surface area (Å²) in [4.78, 5) is 26.7. The Labute approximate surface area is 129 Å². The van der Waals surface area contributed by atoms with Crippen molar-refractivity contribution in [3.63, 3.8) is 0 Å². The summed E-state index contributed by atoms with van der Waals surface area (Å²) in [7, 11) is 0. The van der Waals surface area contributed by atoms with Crippen LogP contribution in [0.3, 0.4) is 0 Å². The zero-order valence-corrected chi connectivity index (χ0v) is 11.5. The molecule has 3 rings (SSSR count). The highest BCUT2D eigenvalue weighted by Crippen LogP contribution is 2.25. The van der Waals surface area contributed by atoms with E-state index in [9.17, 15) is 9.59 Å². The summed E-state index contributed by atoms with van der Waals surface area (Å²) in [6.07, 6.45) is -0.654. The van der Waals surface area contributed by atoms with Crippen LogP contribution in [0.2, 0.25) is 0 Å². The van der Waals surface area contributed by atoms with E-state index in [1.807, 2.05) is 12.1 Å². The molecule has 0 unspecified atom stereocenters. The minimum Gasteiger partial charge on any atom is -0.443 e. The lowest BCUT2D eigenvalue weighted by Gasteiger charge is -2.27. The average molecular weight is 307 g/mol. The smallest absolute Gasteiger partial charge is 0.414 e. The lowest BCUT2D eigenvalue weighted by molar-refractivity contribution is -0.125. The zero-order chi connectivity index (χ0) is 14.8. The second kappa shape index (κ2) is 6.76. The number of nitrogens with zero attached hydrogens (tertiary/aromatic N) is 2. The van der Waals surface area contributed by atoms with Crippen molar-refractivity contribution in [1.29, 1.82) is 0 Å². The number of hydrogen-bond donors (Lipinski definition) is 1. The van der Waals surface area contributed by atoms with Gasteiger partial charge in [0.25, 0.3) is 5.91 Å². The van der Waals surface area contributed by atoms with Gasteiger partial charge in [0, 0.05) is 24.5 Å². The summed E-state index contributed by atoms with van der Waals surface area (Å²) in [6, 6.07) is 7.25. The molecule has 0 radical (unpaired) electrons. The molecule has 1 atom stereocenters. The lowest BCUT2D eigenvalue weighted by atomic mass is 10.2. The van der Waals surface area contributed by atoms with E-state index >= 15 is 0 Å². The first-order valence-electron chi connectivity index (χ1n) is 6.85. The summed E-state index contributed by atoms with van der Waals surface area (Å²) >= 11 is 0. The van der Waals surface area contributed by atoms with E-state index < -0.39 is 0 Å². The van der Waals surface area contributed by atoms with Crippen LogP contribution in [0.5, 0.6) is 0 Å². The van der Waals surface area contributed by atoms with Gasteiger partial charge in [-0.05, 0) is 24.3 Å². The Bertz CT molecular complexity index is 546. The molecule has 0 bridgehead atoms. The van der Waals surface area contributed by atoms with Gasteiger partial charge in [-0.15, -0.1) is 0 Å². The molecular formula is C15H21N3O4. The minimum atomic E-state index is -0.388. The number of carbonyl (C=O) groups excluding carboxylic acids is 2. The normalized spacial score (nSPS) is 21.6. The summed E-state index contributed by atoms with van der Waals surface area (Å²) in [5, 5.41) is 0. The van der Waals surface area contributed by atoms with E-state index in [4.69, 9.17) is 15.2 Å². The Morgan fingerprint density at radius 1 is 1.14 bits per heavy atom. The Balaban J connectivity index is 0.00000176. The number of nitrogens with two attached hydrogens (primary N) is 1. The van der Waals surface area contributed by atoms with Gasteiger partial charge in [-0.3, -0.25) is 9.69 Å². The second-order valence-corrected chi connectivity index (χ2v) is 4.97. The predicted octanol–water partition coefficient (Wildman–Crippen LogP) is 0.970. The molecule has 2 N–H and O–H groups in total. The van der Waals surface area contributed by atoms with Gasteiger partial charge in [-0.25, -0.2) is 4.79 Å². The predicted molar refractivity (Wildman–Crippen MR) is 83.0 cm³/mol. The Morgan fingerprint density at radius 2 is 1.77 bits per heavy atom. The van der Waals surface area contributed by atoms with Crippen LogP contribution in [-0.4, -0.2) is 51.0 Å². The number of amides is 2. The third-order valence-electron chi connectivity index (χ3n) is 3.60. The van der Waals surface area contributed by atoms with Crippen molar-refractivity contribution in [3.05, 3.63) is 24.3 Å². The number of hydrogen-bond acceptors (Lipinski definition) is 5. The molecule has 7 nitrogen and oxygen atoms in total. The Kier molecular flexibility index (Phi) is 4.99. The molecular weight excluding hydrogens is 286 g/mol. The van der Waals surface area contributed by atoms with E-state index in [1.165, 1.54) is 0 Å². The zero-order valence-electron chi connectivity index (χ0n) is 11.5. The van der Waals surface area contributed by atoms with Crippen molar-refractivity contribution < 1.29 is 19.1 Å². The van der Waals surface area contributed by atoms with E-state index in [2.05, 4.69) is 0 Å². The minimum absolute atomic E-state index is 0. The van der Waals surface area contributed by atoms with Crippen LogP contribution in [-0.2, 0) is 14.3 Å². The van der Waals surface area contributed by atoms with Crippen molar-refractivity contribution in [1.82, 2.24) is 0 Å². The van der Waals surface area contributed by atoms with Gasteiger partial charge in [0.1, 0.15) is 12.7 Å². The first-order chi connectivity index (χ1) is 10.2. The molecule has 2 fully saturated rings. The van der Waals surface area contributed by atoms with Crippen molar-refractivity contribution in [2.75, 3.05) is 42.6 Å². The highest BCUT2D eigenvalue weighted by molar-refractivity contribution is 5.95. The van der Waals surface area contributed by atoms with E-state index in [-0.39, 0.29) is 32.1 Å². The molecule has 2 saturated heterocycles. The van der Waals surface area contributed by atoms with Gasteiger partial charge in [0.05, 0.1) is 13.2 Å². The quantitative estimate of drug-likeness (QED) is 0.899. The number of morpholine rings is 1. The maximum atomic E-state index is 11.8. The van der Waals surface area contributed by atoms with Crippen LogP contribution in [0.25, 0.3) is 0 Å². The van der Waals surface area contributed by atoms with Gasteiger partial charge < -0.3 is 20.1 Å². The average Bonchev–Trinajstić information content (AvgIpc) is 2.89. The molecule has 7 heteroatoms. The van der Waals surface area contributed by atoms with Crippen molar-refractivity contribution in [3.8, 4) is 0 Å². The van der Waals surface area contributed by atoms with Crippen molar-refractivity contribution in [2.45, 2.75) is 13.5 Å². The van der Waals surface area contributed by atoms with Gasteiger partial charge in [-0.1, -0.05) is 7.43 Å². The van der Waals surface area contributed by atoms with E-state index in [0.717, 1.165) is 11.4 Å². The number of ether oxygens (including phenoxy) is 2. The SMILES string of the molecule is C.NC[C@H]1CN(c2ccc(N3CCOCC3=O)cc2)C(=O)O1. The van der Waals surface area contributed by atoms with Crippen molar-refractivity contribution >= 4 is 23.4 Å². The molecule has 120 valence electrons. The van der Waals surface area contributed by atoms with Gasteiger partial charge in [-0.2, -0.15) is 0 Å². The molecule has 22 heavy (non-hydrogen) atoms. The maximum absolute atomic E-state index is 11.8. The number of rotatable bonds is 3. The molecule has 2 aliphatic heterocycles. The number of cyclic esters (lactones) is 1. The first-order valence-corrected chi connectivity index (χ1v) is 6.85. The standard InChI is InChI=1S/C14H17N3O4.CH4/c15-7-12-8-17(14(19)21-12)11-3-1-10(2-4-11)16-5-6-20-9-13(16)18;/h1-4,12H,5-9,15H2;1H4/t12-;/m0./s1. The fraction of sp³-hybridized carbons (Fsp3) is 0.467. The molecule has 0 aromatic heterocycles. The molecule has 0 aliphatic carbocycles. The van der Waals surface area contributed by atoms with Gasteiger partial charge in [0.15, 0.2) is 0 Å². The third-order valence-corrected chi connectivity index (χ3v) is 3.60. The third kappa shape index (κ3) is 3.05. The van der Waals surface area contributed by atoms with Crippen molar-refractivity contribution in [2.24, 2.45) is 5.73 Å². The molecule has 2 amide bonds. The number of benzene rings is 1. The van der Waals surface area contributed by atoms with Crippen LogP contribution < -0.4 is 15.5 Å². The van der Waals surface area contributed by atoms with E-state index in [1.54, 1.807) is 21.9 Å². The lowest BCUT2D eigenvalue weighted by Crippen LogP contribution is -2.41. The summed E-state index contributed by atoms with van der Waals surface area (Å²) < 4.78 is 10.2. The molecule has 1 aromatic carbocycles. The van der Waals surface area contributed by atoms with Gasteiger partial charge >= 0.3 is 6.09 Å². The summed E-state index contributed by atoms with van der Waals surface area (Å²) in [6.45, 7) is 1.94. The van der Waals surface area contributed by atoms with Crippen LogP contribution >= 0.6 is 0 Å². The topological polar surface area (TPSA) is 85.1 Å². The second-order valence-electron chi connectivity index (χ2n) is 4.97. The van der Waals surface area contributed by atoms with Crippen LogP contribution in [0, 0.1) is 0 Å². The van der Waals surface area contributed by atoms with Crippen LogP contribution in [0.1, 0.15) is 7.43 Å². The fourth-order valence-electron chi connectivity index (χ4n) is 2.46. The molecule has 0 spiro atoms. The molecule has 0 saturated carbocycles. The Hall–Kier alpha value is -2.12. The largest absolute Gasteiger partial charge is 0.443 e. The highest BCUT2D eigenvalue weighted by Gasteiger charge is 2.31. The highest BCUT2D eigenvalue weighted by atomic mass is 16.6.